The maximum atomic E-state index is 14.8. The van der Waals surface area contributed by atoms with Gasteiger partial charge in [0, 0.05) is 6.07 Å². The highest BCUT2D eigenvalue weighted by atomic mass is 19.1. The van der Waals surface area contributed by atoms with Crippen molar-refractivity contribution in [3.05, 3.63) is 34.4 Å². The maximum absolute atomic E-state index is 14.8. The van der Waals surface area contributed by atoms with Crippen LogP contribution in [0.2, 0.25) is 0 Å². The van der Waals surface area contributed by atoms with Crippen LogP contribution in [0.1, 0.15) is 90.9 Å². The monoisotopic (exact) mass is 460 g/mol. The fourth-order valence-corrected chi connectivity index (χ4v) is 4.62. The molecular weight excluding hydrogens is 423 g/mol. The van der Waals surface area contributed by atoms with Gasteiger partial charge in [-0.1, -0.05) is 58.8 Å². The first-order valence-corrected chi connectivity index (χ1v) is 12.6. The minimum absolute atomic E-state index is 0.0340. The van der Waals surface area contributed by atoms with Crippen LogP contribution < -0.4 is 15.1 Å². The summed E-state index contributed by atoms with van der Waals surface area (Å²) in [6.07, 6.45) is 12.7. The van der Waals surface area contributed by atoms with Gasteiger partial charge in [0.1, 0.15) is 5.39 Å². The van der Waals surface area contributed by atoms with E-state index in [1.807, 2.05) is 0 Å². The van der Waals surface area contributed by atoms with Crippen LogP contribution in [0.25, 0.3) is 10.8 Å². The normalized spacial score (nSPS) is 18.4. The van der Waals surface area contributed by atoms with Gasteiger partial charge in [-0.05, 0) is 55.5 Å². The number of halogens is 1. The minimum atomic E-state index is -0.871. The van der Waals surface area contributed by atoms with Crippen LogP contribution in [0.3, 0.4) is 0 Å². The van der Waals surface area contributed by atoms with Crippen molar-refractivity contribution in [2.24, 2.45) is 11.8 Å². The Hall–Kier alpha value is -2.37. The molecule has 1 aromatic carbocycles. The van der Waals surface area contributed by atoms with Crippen LogP contribution in [0.5, 0.6) is 11.7 Å². The molecule has 0 spiro atoms. The van der Waals surface area contributed by atoms with E-state index in [1.165, 1.54) is 37.8 Å². The molecule has 0 bridgehead atoms. The van der Waals surface area contributed by atoms with E-state index in [0.717, 1.165) is 51.4 Å². The second-order valence-electron chi connectivity index (χ2n) is 9.24. The summed E-state index contributed by atoms with van der Waals surface area (Å²) in [7, 11) is 0. The highest BCUT2D eigenvalue weighted by molar-refractivity contribution is 5.84. The van der Waals surface area contributed by atoms with E-state index >= 15 is 0 Å². The molecule has 0 unspecified atom stereocenters. The number of hydrogen-bond donors (Lipinski definition) is 0. The lowest BCUT2D eigenvalue weighted by atomic mass is 9.80. The molecule has 0 atom stereocenters. The fraction of sp³-hybridized carbons (Fsp3) is 0.630. The Kier molecular flexibility index (Phi) is 9.76. The summed E-state index contributed by atoms with van der Waals surface area (Å²) < 4.78 is 30.9. The number of fused-ring (bicyclic) bond motifs is 1. The molecule has 182 valence electrons. The van der Waals surface area contributed by atoms with Crippen LogP contribution in [-0.2, 0) is 4.79 Å². The molecule has 0 radical (unpaired) electrons. The minimum Gasteiger partial charge on any atom is -0.490 e. The van der Waals surface area contributed by atoms with Gasteiger partial charge >= 0.3 is 11.6 Å². The van der Waals surface area contributed by atoms with Crippen molar-refractivity contribution < 1.29 is 23.1 Å². The number of benzene rings is 1. The summed E-state index contributed by atoms with van der Waals surface area (Å²) in [5.41, 5.74) is -0.871. The first-order valence-electron chi connectivity index (χ1n) is 12.6. The van der Waals surface area contributed by atoms with Gasteiger partial charge < -0.3 is 13.9 Å². The Morgan fingerprint density at radius 3 is 2.48 bits per heavy atom. The number of unbranched alkanes of at least 4 members (excludes halogenated alkanes) is 5. The van der Waals surface area contributed by atoms with Crippen molar-refractivity contribution in [3.63, 3.8) is 0 Å². The molecule has 1 saturated carbocycles. The van der Waals surface area contributed by atoms with Gasteiger partial charge in [0.15, 0.2) is 11.6 Å². The van der Waals surface area contributed by atoms with Crippen molar-refractivity contribution >= 4 is 16.7 Å². The van der Waals surface area contributed by atoms with Crippen LogP contribution >= 0.6 is 0 Å². The Balaban J connectivity index is 1.60. The Morgan fingerprint density at radius 2 is 1.76 bits per heavy atom. The summed E-state index contributed by atoms with van der Waals surface area (Å²) in [5.74, 6) is -0.770. The molecule has 5 nitrogen and oxygen atoms in total. The standard InChI is InChI=1S/C27H37FO5/c1-3-5-7-9-17-31-22-16-15-21-18-23(33-27(30)24(21)25(22)28)32-26(29)20-13-11-19(12-14-20)10-8-6-4-2/h15-16,18-20H,3-14,17H2,1-2H3. The zero-order valence-corrected chi connectivity index (χ0v) is 20.0. The molecule has 3 rings (SSSR count). The van der Waals surface area contributed by atoms with Crippen molar-refractivity contribution in [2.75, 3.05) is 6.61 Å². The molecule has 0 saturated heterocycles. The lowest BCUT2D eigenvalue weighted by Crippen LogP contribution is -2.26. The van der Waals surface area contributed by atoms with Crippen molar-refractivity contribution in [2.45, 2.75) is 90.9 Å². The highest BCUT2D eigenvalue weighted by Crippen LogP contribution is 2.33. The molecular formula is C27H37FO5. The largest absolute Gasteiger partial charge is 0.490 e. The fourth-order valence-electron chi connectivity index (χ4n) is 4.62. The molecule has 0 N–H and O–H groups in total. The number of rotatable bonds is 12. The molecule has 0 aliphatic heterocycles. The van der Waals surface area contributed by atoms with Crippen molar-refractivity contribution in [1.82, 2.24) is 0 Å². The summed E-state index contributed by atoms with van der Waals surface area (Å²) in [5, 5.41) is 0.137. The van der Waals surface area contributed by atoms with Crippen LogP contribution in [-0.4, -0.2) is 12.6 Å². The summed E-state index contributed by atoms with van der Waals surface area (Å²) in [4.78, 5) is 25.1. The Bertz CT molecular complexity index is 959. The predicted octanol–water partition coefficient (Wildman–Crippen LogP) is 7.18. The molecule has 1 heterocycles. The molecule has 1 aromatic heterocycles. The van der Waals surface area contributed by atoms with E-state index in [0.29, 0.717) is 17.9 Å². The SMILES string of the molecule is CCCCCCOc1ccc2cc(OC(=O)C3CCC(CCCCC)CC3)oc(=O)c2c1F. The lowest BCUT2D eigenvalue weighted by Gasteiger charge is -2.26. The van der Waals surface area contributed by atoms with Crippen molar-refractivity contribution in [3.8, 4) is 11.7 Å². The highest BCUT2D eigenvalue weighted by Gasteiger charge is 2.28. The number of ether oxygens (including phenoxy) is 2. The smallest absolute Gasteiger partial charge is 0.349 e. The lowest BCUT2D eigenvalue weighted by molar-refractivity contribution is -0.141. The second kappa shape index (κ2) is 12.8. The predicted molar refractivity (Wildman–Crippen MR) is 127 cm³/mol. The molecule has 6 heteroatoms. The average Bonchev–Trinajstić information content (AvgIpc) is 2.80. The number of hydrogen-bond acceptors (Lipinski definition) is 5. The molecule has 1 aliphatic rings. The van der Waals surface area contributed by atoms with Crippen LogP contribution in [0, 0.1) is 17.7 Å². The molecule has 1 aliphatic carbocycles. The molecule has 2 aromatic rings. The second-order valence-corrected chi connectivity index (χ2v) is 9.24. The topological polar surface area (TPSA) is 65.7 Å². The van der Waals surface area contributed by atoms with Gasteiger partial charge in [0.2, 0.25) is 0 Å². The number of carbonyl (C=O) groups is 1. The number of carbonyl (C=O) groups excluding carboxylic acids is 1. The Labute approximate surface area is 195 Å². The van der Waals surface area contributed by atoms with Crippen LogP contribution in [0.15, 0.2) is 27.4 Å². The van der Waals surface area contributed by atoms with E-state index in [2.05, 4.69) is 13.8 Å². The molecule has 0 amide bonds. The first-order chi connectivity index (χ1) is 16.0. The third-order valence-electron chi connectivity index (χ3n) is 6.66. The third kappa shape index (κ3) is 7.05. The average molecular weight is 461 g/mol. The summed E-state index contributed by atoms with van der Waals surface area (Å²) in [6.45, 7) is 4.72. The van der Waals surface area contributed by atoms with Crippen LogP contribution in [0.4, 0.5) is 4.39 Å². The van der Waals surface area contributed by atoms with E-state index in [1.54, 1.807) is 6.07 Å². The number of esters is 1. The first kappa shape index (κ1) is 25.3. The van der Waals surface area contributed by atoms with E-state index in [4.69, 9.17) is 13.9 Å². The van der Waals surface area contributed by atoms with Gasteiger partial charge in [-0.25, -0.2) is 9.18 Å². The van der Waals surface area contributed by atoms with E-state index in [-0.39, 0.29) is 29.0 Å². The van der Waals surface area contributed by atoms with Crippen molar-refractivity contribution in [1.29, 1.82) is 0 Å². The third-order valence-corrected chi connectivity index (χ3v) is 6.66. The summed E-state index contributed by atoms with van der Waals surface area (Å²) >= 11 is 0. The van der Waals surface area contributed by atoms with Gasteiger partial charge in [-0.3, -0.25) is 4.79 Å². The van der Waals surface area contributed by atoms with E-state index in [9.17, 15) is 14.0 Å². The molecule has 33 heavy (non-hydrogen) atoms. The van der Waals surface area contributed by atoms with Gasteiger partial charge in [-0.15, -0.1) is 0 Å². The quantitative estimate of drug-likeness (QED) is 0.248. The Morgan fingerprint density at radius 1 is 1.03 bits per heavy atom. The van der Waals surface area contributed by atoms with E-state index < -0.39 is 11.4 Å². The van der Waals surface area contributed by atoms with Gasteiger partial charge in [0.25, 0.3) is 5.95 Å². The molecule has 1 fully saturated rings. The maximum Gasteiger partial charge on any atom is 0.349 e. The van der Waals surface area contributed by atoms with Gasteiger partial charge in [-0.2, -0.15) is 0 Å². The summed E-state index contributed by atoms with van der Waals surface area (Å²) in [6, 6.07) is 4.50. The van der Waals surface area contributed by atoms with Gasteiger partial charge in [0.05, 0.1) is 12.5 Å². The zero-order chi connectivity index (χ0) is 23.6. The zero-order valence-electron chi connectivity index (χ0n) is 20.0.